The Hall–Kier alpha value is -0.920. The predicted octanol–water partition coefficient (Wildman–Crippen LogP) is 0.523. The Labute approximate surface area is 109 Å². The zero-order valence-electron chi connectivity index (χ0n) is 11.3. The highest BCUT2D eigenvalue weighted by atomic mass is 32.2. The van der Waals surface area contributed by atoms with E-state index in [1.165, 1.54) is 24.6 Å². The normalized spacial score (nSPS) is 12.2. The monoisotopic (exact) mass is 274 g/mol. The Morgan fingerprint density at radius 2 is 2.11 bits per heavy atom. The lowest BCUT2D eigenvalue weighted by molar-refractivity contribution is 0.519. The number of hydrogen-bond acceptors (Lipinski definition) is 4. The Morgan fingerprint density at radius 3 is 2.72 bits per heavy atom. The van der Waals surface area contributed by atoms with Crippen molar-refractivity contribution in [3.8, 4) is 0 Å². The van der Waals surface area contributed by atoms with Gasteiger partial charge in [-0.2, -0.15) is 5.10 Å². The fourth-order valence-corrected chi connectivity index (χ4v) is 2.34. The molecule has 0 aliphatic rings. The van der Waals surface area contributed by atoms with Crippen molar-refractivity contribution >= 4 is 10.0 Å². The van der Waals surface area contributed by atoms with Crippen LogP contribution in [-0.4, -0.2) is 49.7 Å². The van der Waals surface area contributed by atoms with Crippen LogP contribution < -0.4 is 5.32 Å². The van der Waals surface area contributed by atoms with Crippen LogP contribution in [0.2, 0.25) is 0 Å². The highest BCUT2D eigenvalue weighted by Gasteiger charge is 2.18. The van der Waals surface area contributed by atoms with Gasteiger partial charge in [0.2, 0.25) is 10.0 Å². The molecule has 18 heavy (non-hydrogen) atoms. The third-order valence-corrected chi connectivity index (χ3v) is 4.32. The van der Waals surface area contributed by atoms with E-state index in [1.807, 2.05) is 0 Å². The second-order valence-corrected chi connectivity index (χ2v) is 6.48. The molecule has 0 amide bonds. The van der Waals surface area contributed by atoms with Crippen molar-refractivity contribution < 1.29 is 8.42 Å². The first-order valence-electron chi connectivity index (χ1n) is 6.14. The first-order valence-corrected chi connectivity index (χ1v) is 7.58. The van der Waals surface area contributed by atoms with Crippen LogP contribution in [0.1, 0.15) is 19.8 Å². The zero-order chi connectivity index (χ0) is 13.6. The van der Waals surface area contributed by atoms with Gasteiger partial charge in [-0.3, -0.25) is 4.68 Å². The van der Waals surface area contributed by atoms with Gasteiger partial charge >= 0.3 is 0 Å². The minimum Gasteiger partial charge on any atom is -0.317 e. The molecule has 1 aromatic heterocycles. The van der Waals surface area contributed by atoms with Crippen LogP contribution in [0.4, 0.5) is 0 Å². The molecular formula is C11H22N4O2S. The van der Waals surface area contributed by atoms with Crippen LogP contribution in [0, 0.1) is 0 Å². The maximum atomic E-state index is 11.8. The van der Waals surface area contributed by atoms with E-state index in [0.29, 0.717) is 0 Å². The van der Waals surface area contributed by atoms with Gasteiger partial charge in [-0.25, -0.2) is 12.7 Å². The van der Waals surface area contributed by atoms with Crippen molar-refractivity contribution in [2.24, 2.45) is 0 Å². The third-order valence-electron chi connectivity index (χ3n) is 2.56. The van der Waals surface area contributed by atoms with Crippen molar-refractivity contribution in [2.75, 3.05) is 27.2 Å². The molecular weight excluding hydrogens is 252 g/mol. The molecule has 1 aromatic rings. The van der Waals surface area contributed by atoms with E-state index in [4.69, 9.17) is 0 Å². The molecule has 0 aliphatic heterocycles. The van der Waals surface area contributed by atoms with Gasteiger partial charge in [0.1, 0.15) is 4.90 Å². The van der Waals surface area contributed by atoms with Gasteiger partial charge in [0.05, 0.1) is 6.20 Å². The average molecular weight is 274 g/mol. The second-order valence-electron chi connectivity index (χ2n) is 4.33. The number of sulfonamides is 1. The van der Waals surface area contributed by atoms with Gasteiger partial charge in [0, 0.05) is 26.8 Å². The lowest BCUT2D eigenvalue weighted by Crippen LogP contribution is -2.21. The van der Waals surface area contributed by atoms with Gasteiger partial charge in [-0.1, -0.05) is 6.92 Å². The smallest absolute Gasteiger partial charge is 0.245 e. The van der Waals surface area contributed by atoms with E-state index in [2.05, 4.69) is 17.3 Å². The Kier molecular flexibility index (Phi) is 5.77. The summed E-state index contributed by atoms with van der Waals surface area (Å²) >= 11 is 0. The summed E-state index contributed by atoms with van der Waals surface area (Å²) in [6.07, 6.45) is 5.03. The highest BCUT2D eigenvalue weighted by molar-refractivity contribution is 7.89. The first-order chi connectivity index (χ1) is 8.48. The number of nitrogens with zero attached hydrogens (tertiary/aromatic N) is 3. The standard InChI is InChI=1S/C11H22N4O2S/c1-4-6-12-7-5-8-15-10-11(9-13-15)18(16,17)14(2)3/h9-10,12H,4-8H2,1-3H3. The number of nitrogens with one attached hydrogen (secondary N) is 1. The summed E-state index contributed by atoms with van der Waals surface area (Å²) in [5.74, 6) is 0. The molecule has 0 aliphatic carbocycles. The summed E-state index contributed by atoms with van der Waals surface area (Å²) in [6.45, 7) is 4.78. The first kappa shape index (κ1) is 15.1. The van der Waals surface area contributed by atoms with E-state index < -0.39 is 10.0 Å². The molecule has 1 N–H and O–H groups in total. The Morgan fingerprint density at radius 1 is 1.39 bits per heavy atom. The molecule has 0 saturated heterocycles. The molecule has 0 spiro atoms. The summed E-state index contributed by atoms with van der Waals surface area (Å²) in [5, 5.41) is 7.36. The maximum Gasteiger partial charge on any atom is 0.245 e. The van der Waals surface area contributed by atoms with Gasteiger partial charge in [0.25, 0.3) is 0 Å². The SMILES string of the molecule is CCCNCCCn1cc(S(=O)(=O)N(C)C)cn1. The van der Waals surface area contributed by atoms with E-state index in [-0.39, 0.29) is 4.90 Å². The molecule has 0 fully saturated rings. The van der Waals surface area contributed by atoms with Crippen LogP contribution in [-0.2, 0) is 16.6 Å². The van der Waals surface area contributed by atoms with Crippen molar-refractivity contribution in [2.45, 2.75) is 31.2 Å². The number of aromatic nitrogens is 2. The average Bonchev–Trinajstić information content (AvgIpc) is 2.78. The topological polar surface area (TPSA) is 67.2 Å². The minimum absolute atomic E-state index is 0.244. The van der Waals surface area contributed by atoms with Crippen molar-refractivity contribution in [3.05, 3.63) is 12.4 Å². The van der Waals surface area contributed by atoms with Crippen LogP contribution >= 0.6 is 0 Å². The Bertz CT molecular complexity index is 453. The molecule has 0 atom stereocenters. The highest BCUT2D eigenvalue weighted by Crippen LogP contribution is 2.11. The molecule has 1 rings (SSSR count). The van der Waals surface area contributed by atoms with Gasteiger partial charge in [-0.05, 0) is 25.9 Å². The van der Waals surface area contributed by atoms with Gasteiger partial charge in [-0.15, -0.1) is 0 Å². The summed E-state index contributed by atoms with van der Waals surface area (Å²) in [5.41, 5.74) is 0. The van der Waals surface area contributed by atoms with Crippen molar-refractivity contribution in [1.29, 1.82) is 0 Å². The lowest BCUT2D eigenvalue weighted by atomic mass is 10.4. The Balaban J connectivity index is 2.49. The van der Waals surface area contributed by atoms with E-state index in [9.17, 15) is 8.42 Å². The molecule has 1 heterocycles. The largest absolute Gasteiger partial charge is 0.317 e. The quantitative estimate of drug-likeness (QED) is 0.702. The summed E-state index contributed by atoms with van der Waals surface area (Å²) < 4.78 is 26.5. The number of hydrogen-bond donors (Lipinski definition) is 1. The number of aryl methyl sites for hydroxylation is 1. The summed E-state index contributed by atoms with van der Waals surface area (Å²) in [6, 6.07) is 0. The van der Waals surface area contributed by atoms with Crippen molar-refractivity contribution in [1.82, 2.24) is 19.4 Å². The molecule has 0 unspecified atom stereocenters. The minimum atomic E-state index is -3.36. The van der Waals surface area contributed by atoms with E-state index in [0.717, 1.165) is 32.5 Å². The fraction of sp³-hybridized carbons (Fsp3) is 0.727. The molecule has 6 nitrogen and oxygen atoms in total. The predicted molar refractivity (Wildman–Crippen MR) is 70.9 cm³/mol. The fourth-order valence-electron chi connectivity index (χ4n) is 1.48. The van der Waals surface area contributed by atoms with Crippen LogP contribution in [0.15, 0.2) is 17.3 Å². The van der Waals surface area contributed by atoms with Gasteiger partial charge in [0.15, 0.2) is 0 Å². The molecule has 104 valence electrons. The summed E-state index contributed by atoms with van der Waals surface area (Å²) in [7, 11) is -0.330. The van der Waals surface area contributed by atoms with Crippen LogP contribution in [0.5, 0.6) is 0 Å². The summed E-state index contributed by atoms with van der Waals surface area (Å²) in [4.78, 5) is 0.244. The third kappa shape index (κ3) is 4.08. The van der Waals surface area contributed by atoms with Crippen LogP contribution in [0.3, 0.4) is 0 Å². The van der Waals surface area contributed by atoms with E-state index >= 15 is 0 Å². The zero-order valence-corrected chi connectivity index (χ0v) is 12.1. The van der Waals surface area contributed by atoms with E-state index in [1.54, 1.807) is 10.9 Å². The molecule has 0 radical (unpaired) electrons. The molecule has 7 heteroatoms. The molecule has 0 aromatic carbocycles. The number of rotatable bonds is 8. The molecule has 0 bridgehead atoms. The lowest BCUT2D eigenvalue weighted by Gasteiger charge is -2.08. The molecule has 0 saturated carbocycles. The maximum absolute atomic E-state index is 11.8. The van der Waals surface area contributed by atoms with Crippen LogP contribution in [0.25, 0.3) is 0 Å². The second kappa shape index (κ2) is 6.86. The van der Waals surface area contributed by atoms with Crippen molar-refractivity contribution in [3.63, 3.8) is 0 Å². The van der Waals surface area contributed by atoms with Gasteiger partial charge < -0.3 is 5.32 Å².